The number of aromatic nitrogens is 4. The molecular weight excluding hydrogens is 410 g/mol. The molecular formula is C23H19N5O4. The van der Waals surface area contributed by atoms with Crippen molar-refractivity contribution in [3.8, 4) is 17.2 Å². The number of nitrogens with zero attached hydrogens (tertiary/aromatic N) is 4. The van der Waals surface area contributed by atoms with Gasteiger partial charge < -0.3 is 14.8 Å². The lowest BCUT2D eigenvalue weighted by molar-refractivity contribution is -0.116. The lowest BCUT2D eigenvalue weighted by Gasteiger charge is -2.13. The van der Waals surface area contributed by atoms with Gasteiger partial charge in [0.15, 0.2) is 17.1 Å². The standard InChI is InChI=1S/C23H19N5O4/c29-20(25-15-8-9-18-19(10-15)32-13-31-18)12-27-21(14-6-7-14)26-22-17(23(27)30)11-24-28(22)16-4-2-1-3-5-16/h1-5,8-11,14H,6-7,12-13H2,(H,25,29). The molecule has 6 rings (SSSR count). The van der Waals surface area contributed by atoms with Crippen molar-refractivity contribution in [2.75, 3.05) is 12.1 Å². The zero-order valence-corrected chi connectivity index (χ0v) is 17.0. The quantitative estimate of drug-likeness (QED) is 0.524. The van der Waals surface area contributed by atoms with Crippen molar-refractivity contribution >= 4 is 22.6 Å². The number of nitrogens with one attached hydrogen (secondary N) is 1. The van der Waals surface area contributed by atoms with Crippen LogP contribution in [0.1, 0.15) is 24.6 Å². The van der Waals surface area contributed by atoms with Crippen LogP contribution in [-0.4, -0.2) is 32.0 Å². The predicted molar refractivity (Wildman–Crippen MR) is 116 cm³/mol. The fourth-order valence-electron chi connectivity index (χ4n) is 3.90. The summed E-state index contributed by atoms with van der Waals surface area (Å²) in [6.45, 7) is 0.0355. The molecule has 9 nitrogen and oxygen atoms in total. The maximum absolute atomic E-state index is 13.3. The Bertz CT molecular complexity index is 1410. The number of rotatable bonds is 5. The first-order chi connectivity index (χ1) is 15.7. The predicted octanol–water partition coefficient (Wildman–Crippen LogP) is 2.83. The SMILES string of the molecule is O=C(Cn1c(C2CC2)nc2c(cnn2-c2ccccc2)c1=O)Nc1ccc2c(c1)OCO2. The normalized spacial score (nSPS) is 14.6. The molecule has 1 aliphatic carbocycles. The van der Waals surface area contributed by atoms with Crippen LogP contribution >= 0.6 is 0 Å². The molecule has 1 fully saturated rings. The third kappa shape index (κ3) is 3.18. The number of para-hydroxylation sites is 1. The number of ether oxygens (including phenoxy) is 2. The van der Waals surface area contributed by atoms with Gasteiger partial charge in [-0.2, -0.15) is 5.10 Å². The van der Waals surface area contributed by atoms with Gasteiger partial charge in [-0.25, -0.2) is 9.67 Å². The number of carbonyl (C=O) groups excluding carboxylic acids is 1. The molecule has 0 saturated heterocycles. The van der Waals surface area contributed by atoms with Crippen LogP contribution in [0, 0.1) is 0 Å². The number of hydrogen-bond acceptors (Lipinski definition) is 6. The number of fused-ring (bicyclic) bond motifs is 2. The molecule has 1 N–H and O–H groups in total. The molecule has 160 valence electrons. The summed E-state index contributed by atoms with van der Waals surface area (Å²) in [5.74, 6) is 1.70. The van der Waals surface area contributed by atoms with Crippen molar-refractivity contribution in [1.29, 1.82) is 0 Å². The Kier molecular flexibility index (Phi) is 4.20. The summed E-state index contributed by atoms with van der Waals surface area (Å²) in [6, 6.07) is 14.7. The van der Waals surface area contributed by atoms with Crippen LogP contribution in [-0.2, 0) is 11.3 Å². The van der Waals surface area contributed by atoms with Crippen LogP contribution in [0.4, 0.5) is 5.69 Å². The fraction of sp³-hybridized carbons (Fsp3) is 0.217. The Morgan fingerprint density at radius 1 is 1.09 bits per heavy atom. The van der Waals surface area contributed by atoms with Gasteiger partial charge in [-0.15, -0.1) is 0 Å². The summed E-state index contributed by atoms with van der Waals surface area (Å²) in [5.41, 5.74) is 1.65. The molecule has 32 heavy (non-hydrogen) atoms. The topological polar surface area (TPSA) is 100 Å². The number of benzene rings is 2. The highest BCUT2D eigenvalue weighted by Crippen LogP contribution is 2.39. The molecule has 3 heterocycles. The van der Waals surface area contributed by atoms with E-state index < -0.39 is 0 Å². The van der Waals surface area contributed by atoms with Crippen LogP contribution < -0.4 is 20.3 Å². The van der Waals surface area contributed by atoms with Gasteiger partial charge in [0.05, 0.1) is 11.9 Å². The van der Waals surface area contributed by atoms with Crippen LogP contribution in [0.15, 0.2) is 59.5 Å². The van der Waals surface area contributed by atoms with Crippen molar-refractivity contribution in [3.63, 3.8) is 0 Å². The summed E-state index contributed by atoms with van der Waals surface area (Å²) < 4.78 is 13.8. The minimum atomic E-state index is -0.315. The van der Waals surface area contributed by atoms with E-state index in [9.17, 15) is 9.59 Å². The monoisotopic (exact) mass is 429 g/mol. The van der Waals surface area contributed by atoms with Crippen molar-refractivity contribution in [3.05, 3.63) is 70.9 Å². The number of amides is 1. The molecule has 1 saturated carbocycles. The number of hydrogen-bond donors (Lipinski definition) is 1. The second-order valence-electron chi connectivity index (χ2n) is 7.88. The zero-order valence-electron chi connectivity index (χ0n) is 17.0. The molecule has 1 amide bonds. The fourth-order valence-corrected chi connectivity index (χ4v) is 3.90. The molecule has 2 aromatic heterocycles. The van der Waals surface area contributed by atoms with Gasteiger partial charge in [0.25, 0.3) is 5.56 Å². The molecule has 1 aliphatic heterocycles. The molecule has 0 atom stereocenters. The van der Waals surface area contributed by atoms with E-state index >= 15 is 0 Å². The van der Waals surface area contributed by atoms with Gasteiger partial charge in [0.2, 0.25) is 12.7 Å². The minimum Gasteiger partial charge on any atom is -0.454 e. The van der Waals surface area contributed by atoms with Gasteiger partial charge in [-0.1, -0.05) is 18.2 Å². The van der Waals surface area contributed by atoms with E-state index in [2.05, 4.69) is 10.4 Å². The van der Waals surface area contributed by atoms with Crippen LogP contribution in [0.5, 0.6) is 11.5 Å². The molecule has 0 spiro atoms. The third-order valence-electron chi connectivity index (χ3n) is 5.62. The summed E-state index contributed by atoms with van der Waals surface area (Å²) in [7, 11) is 0. The van der Waals surface area contributed by atoms with E-state index in [1.54, 1.807) is 22.9 Å². The molecule has 2 aliphatic rings. The van der Waals surface area contributed by atoms with Crippen molar-refractivity contribution < 1.29 is 14.3 Å². The summed E-state index contributed by atoms with van der Waals surface area (Å²) in [6.07, 6.45) is 3.41. The Morgan fingerprint density at radius 3 is 2.72 bits per heavy atom. The number of anilines is 1. The highest BCUT2D eigenvalue weighted by molar-refractivity contribution is 5.91. The Balaban J connectivity index is 1.35. The van der Waals surface area contributed by atoms with E-state index in [1.165, 1.54) is 10.8 Å². The smallest absolute Gasteiger partial charge is 0.265 e. The number of carbonyl (C=O) groups is 1. The summed E-state index contributed by atoms with van der Waals surface area (Å²) in [4.78, 5) is 30.9. The van der Waals surface area contributed by atoms with Crippen LogP contribution in [0.2, 0.25) is 0 Å². The molecule has 0 radical (unpaired) electrons. The van der Waals surface area contributed by atoms with E-state index in [1.807, 2.05) is 30.3 Å². The van der Waals surface area contributed by atoms with E-state index in [4.69, 9.17) is 14.5 Å². The lowest BCUT2D eigenvalue weighted by atomic mass is 10.2. The average molecular weight is 429 g/mol. The second-order valence-corrected chi connectivity index (χ2v) is 7.88. The maximum Gasteiger partial charge on any atom is 0.265 e. The molecule has 4 aromatic rings. The van der Waals surface area contributed by atoms with Crippen molar-refractivity contribution in [2.24, 2.45) is 0 Å². The summed E-state index contributed by atoms with van der Waals surface area (Å²) in [5, 5.41) is 7.60. The van der Waals surface area contributed by atoms with Crippen molar-refractivity contribution in [1.82, 2.24) is 19.3 Å². The van der Waals surface area contributed by atoms with Gasteiger partial charge in [-0.3, -0.25) is 14.2 Å². The Labute approximate surface area is 182 Å². The molecule has 0 bridgehead atoms. The van der Waals surface area contributed by atoms with E-state index in [0.29, 0.717) is 34.0 Å². The van der Waals surface area contributed by atoms with Gasteiger partial charge in [0, 0.05) is 17.7 Å². The van der Waals surface area contributed by atoms with Crippen LogP contribution in [0.3, 0.4) is 0 Å². The van der Waals surface area contributed by atoms with Gasteiger partial charge in [0.1, 0.15) is 17.8 Å². The largest absolute Gasteiger partial charge is 0.454 e. The zero-order chi connectivity index (χ0) is 21.7. The molecule has 0 unspecified atom stereocenters. The molecule has 2 aromatic carbocycles. The van der Waals surface area contributed by atoms with Crippen LogP contribution in [0.25, 0.3) is 16.7 Å². The minimum absolute atomic E-state index is 0.126. The Morgan fingerprint density at radius 2 is 1.91 bits per heavy atom. The van der Waals surface area contributed by atoms with Gasteiger partial charge >= 0.3 is 0 Å². The lowest BCUT2D eigenvalue weighted by Crippen LogP contribution is -2.31. The van der Waals surface area contributed by atoms with Gasteiger partial charge in [-0.05, 0) is 37.1 Å². The first-order valence-corrected chi connectivity index (χ1v) is 10.4. The highest BCUT2D eigenvalue weighted by atomic mass is 16.7. The first kappa shape index (κ1) is 18.6. The first-order valence-electron chi connectivity index (χ1n) is 10.4. The molecule has 9 heteroatoms. The Hall–Kier alpha value is -4.14. The van der Waals surface area contributed by atoms with Crippen molar-refractivity contribution in [2.45, 2.75) is 25.3 Å². The van der Waals surface area contributed by atoms with E-state index in [0.717, 1.165) is 18.5 Å². The van der Waals surface area contributed by atoms with E-state index in [-0.39, 0.29) is 30.7 Å². The average Bonchev–Trinajstić information content (AvgIpc) is 3.38. The highest BCUT2D eigenvalue weighted by Gasteiger charge is 2.31. The maximum atomic E-state index is 13.3. The third-order valence-corrected chi connectivity index (χ3v) is 5.62. The summed E-state index contributed by atoms with van der Waals surface area (Å²) >= 11 is 0. The second kappa shape index (κ2) is 7.23.